The first-order valence-corrected chi connectivity index (χ1v) is 7.32. The van der Waals surface area contributed by atoms with Gasteiger partial charge in [-0.25, -0.2) is 0 Å². The molecule has 1 heterocycles. The number of primary amides is 1. The predicted molar refractivity (Wildman–Crippen MR) is 76.5 cm³/mol. The highest BCUT2D eigenvalue weighted by molar-refractivity contribution is 8.05. The van der Waals surface area contributed by atoms with Crippen molar-refractivity contribution in [3.63, 3.8) is 0 Å². The molecule has 1 aliphatic heterocycles. The van der Waals surface area contributed by atoms with Crippen LogP contribution in [-0.4, -0.2) is 30.2 Å². The summed E-state index contributed by atoms with van der Waals surface area (Å²) >= 11 is 1.51. The average Bonchev–Trinajstić information content (AvgIpc) is 2.35. The molecule has 1 aliphatic rings. The van der Waals surface area contributed by atoms with Gasteiger partial charge in [-0.3, -0.25) is 4.79 Å². The molecule has 0 aromatic heterocycles. The minimum Gasteiger partial charge on any atom is -0.395 e. The lowest BCUT2D eigenvalue weighted by molar-refractivity contribution is -0.123. The minimum absolute atomic E-state index is 0.0167. The Morgan fingerprint density at radius 3 is 2.47 bits per heavy atom. The van der Waals surface area contributed by atoms with Gasteiger partial charge < -0.3 is 16.4 Å². The van der Waals surface area contributed by atoms with Gasteiger partial charge in [-0.15, -0.1) is 0 Å². The summed E-state index contributed by atoms with van der Waals surface area (Å²) in [7, 11) is 0.822. The molecule has 94 valence electrons. The standard InChI is InChI=1S/C11H18N3OPS/c1-8(17-7-10(12)16-2)14-5-3-9(4-6-14)11(13)15/h7,9H,1-6,12H2,(H2,13,15)/b10-7+. The SMILES string of the molecule is C=P/C(N)=C/SC(=C)N1CCC(C(N)=O)CC1. The van der Waals surface area contributed by atoms with Crippen molar-refractivity contribution in [1.82, 2.24) is 4.90 Å². The first-order valence-electron chi connectivity index (χ1n) is 5.36. The number of nitrogens with zero attached hydrogens (tertiary/aromatic N) is 1. The van der Waals surface area contributed by atoms with Crippen molar-refractivity contribution >= 4 is 32.2 Å². The number of thioether (sulfide) groups is 1. The van der Waals surface area contributed by atoms with Gasteiger partial charge in [0.05, 0.1) is 10.5 Å². The molecule has 0 unspecified atom stereocenters. The fraction of sp³-hybridized carbons (Fsp3) is 0.455. The van der Waals surface area contributed by atoms with Crippen LogP contribution < -0.4 is 11.5 Å². The second kappa shape index (κ2) is 6.72. The molecule has 0 spiro atoms. The van der Waals surface area contributed by atoms with Crippen molar-refractivity contribution in [1.29, 1.82) is 0 Å². The Balaban J connectivity index is 2.41. The molecule has 17 heavy (non-hydrogen) atoms. The Morgan fingerprint density at radius 2 is 2.00 bits per heavy atom. The Hall–Kier alpha value is -0.930. The lowest BCUT2D eigenvalue weighted by Gasteiger charge is -2.32. The summed E-state index contributed by atoms with van der Waals surface area (Å²) in [5, 5.41) is 2.82. The van der Waals surface area contributed by atoms with Gasteiger partial charge in [-0.05, 0) is 12.8 Å². The Bertz CT molecular complexity index is 349. The summed E-state index contributed by atoms with van der Waals surface area (Å²) in [4.78, 5) is 13.2. The largest absolute Gasteiger partial charge is 0.395 e. The molecular formula is C11H18N3OPS. The predicted octanol–water partition coefficient (Wildman–Crippen LogP) is 1.52. The van der Waals surface area contributed by atoms with Gasteiger partial charge in [0.15, 0.2) is 0 Å². The maximum absolute atomic E-state index is 11.0. The zero-order valence-electron chi connectivity index (χ0n) is 9.76. The Labute approximate surface area is 108 Å². The maximum atomic E-state index is 11.0. The van der Waals surface area contributed by atoms with Crippen molar-refractivity contribution in [3.8, 4) is 0 Å². The van der Waals surface area contributed by atoms with Crippen molar-refractivity contribution in [3.05, 3.63) is 22.5 Å². The molecular weight excluding hydrogens is 253 g/mol. The van der Waals surface area contributed by atoms with E-state index in [2.05, 4.69) is 17.8 Å². The third-order valence-corrected chi connectivity index (χ3v) is 4.32. The van der Waals surface area contributed by atoms with E-state index in [1.165, 1.54) is 11.8 Å². The lowest BCUT2D eigenvalue weighted by atomic mass is 9.97. The molecule has 0 radical (unpaired) electrons. The summed E-state index contributed by atoms with van der Waals surface area (Å²) in [6.45, 7) is 5.66. The molecule has 1 saturated heterocycles. The first-order chi connectivity index (χ1) is 8.04. The summed E-state index contributed by atoms with van der Waals surface area (Å²) < 4.78 is 0. The van der Waals surface area contributed by atoms with Gasteiger partial charge >= 0.3 is 0 Å². The van der Waals surface area contributed by atoms with Gasteiger partial charge in [0, 0.05) is 24.4 Å². The smallest absolute Gasteiger partial charge is 0.220 e. The number of carbonyl (C=O) groups is 1. The van der Waals surface area contributed by atoms with Crippen molar-refractivity contribution in [2.45, 2.75) is 12.8 Å². The van der Waals surface area contributed by atoms with Crippen LogP contribution in [-0.2, 0) is 4.79 Å². The number of hydrogen-bond acceptors (Lipinski definition) is 4. The number of amides is 1. The second-order valence-electron chi connectivity index (χ2n) is 3.88. The molecule has 1 rings (SSSR count). The number of hydrogen-bond donors (Lipinski definition) is 2. The van der Waals surface area contributed by atoms with E-state index in [4.69, 9.17) is 11.5 Å². The van der Waals surface area contributed by atoms with Crippen molar-refractivity contribution in [2.75, 3.05) is 13.1 Å². The molecule has 6 heteroatoms. The lowest BCUT2D eigenvalue weighted by Crippen LogP contribution is -2.37. The summed E-state index contributed by atoms with van der Waals surface area (Å²) in [6, 6.07) is 0. The Morgan fingerprint density at radius 1 is 1.41 bits per heavy atom. The van der Waals surface area contributed by atoms with Crippen LogP contribution in [0.5, 0.6) is 0 Å². The molecule has 1 fully saturated rings. The van der Waals surface area contributed by atoms with Crippen LogP contribution in [0.1, 0.15) is 12.8 Å². The summed E-state index contributed by atoms with van der Waals surface area (Å²) in [5.41, 5.74) is 11.7. The molecule has 0 atom stereocenters. The molecule has 4 N–H and O–H groups in total. The van der Waals surface area contributed by atoms with Crippen LogP contribution in [0.4, 0.5) is 0 Å². The molecule has 0 aliphatic carbocycles. The average molecular weight is 271 g/mol. The molecule has 0 aromatic rings. The fourth-order valence-electron chi connectivity index (χ4n) is 1.65. The molecule has 0 aromatic carbocycles. The minimum atomic E-state index is -0.192. The maximum Gasteiger partial charge on any atom is 0.220 e. The van der Waals surface area contributed by atoms with Crippen LogP contribution in [0.3, 0.4) is 0 Å². The van der Waals surface area contributed by atoms with E-state index in [1.54, 1.807) is 0 Å². The normalized spacial score (nSPS) is 18.4. The van der Waals surface area contributed by atoms with Gasteiger partial charge in [0.25, 0.3) is 0 Å². The topological polar surface area (TPSA) is 72.3 Å². The third kappa shape index (κ3) is 4.44. The number of piperidine rings is 1. The van der Waals surface area contributed by atoms with E-state index in [1.807, 2.05) is 5.41 Å². The van der Waals surface area contributed by atoms with Crippen molar-refractivity contribution in [2.24, 2.45) is 17.4 Å². The zero-order chi connectivity index (χ0) is 12.8. The highest BCUT2D eigenvalue weighted by Crippen LogP contribution is 2.27. The highest BCUT2D eigenvalue weighted by atomic mass is 32.2. The van der Waals surface area contributed by atoms with E-state index in [-0.39, 0.29) is 11.8 Å². The number of carbonyl (C=O) groups excluding carboxylic acids is 1. The number of rotatable bonds is 5. The van der Waals surface area contributed by atoms with Gasteiger partial charge in [-0.2, -0.15) is 0 Å². The van der Waals surface area contributed by atoms with E-state index < -0.39 is 0 Å². The van der Waals surface area contributed by atoms with Gasteiger partial charge in [-0.1, -0.05) is 32.8 Å². The number of likely N-dealkylation sites (tertiary alicyclic amines) is 1. The van der Waals surface area contributed by atoms with E-state index >= 15 is 0 Å². The van der Waals surface area contributed by atoms with Crippen molar-refractivity contribution < 1.29 is 4.79 Å². The van der Waals surface area contributed by atoms with Gasteiger partial charge in [0.2, 0.25) is 5.91 Å². The van der Waals surface area contributed by atoms with Crippen LogP contribution in [0.25, 0.3) is 0 Å². The zero-order valence-corrected chi connectivity index (χ0v) is 11.5. The summed E-state index contributed by atoms with van der Waals surface area (Å²) in [5.74, 6) is -0.175. The third-order valence-electron chi connectivity index (χ3n) is 2.75. The van der Waals surface area contributed by atoms with E-state index in [9.17, 15) is 4.79 Å². The van der Waals surface area contributed by atoms with Crippen LogP contribution in [0.15, 0.2) is 22.5 Å². The monoisotopic (exact) mass is 271 g/mol. The fourth-order valence-corrected chi connectivity index (χ4v) is 2.70. The molecule has 0 bridgehead atoms. The number of nitrogens with two attached hydrogens (primary N) is 2. The van der Waals surface area contributed by atoms with E-state index in [0.29, 0.717) is 0 Å². The van der Waals surface area contributed by atoms with E-state index in [0.717, 1.165) is 44.6 Å². The van der Waals surface area contributed by atoms with Crippen LogP contribution >= 0.6 is 20.0 Å². The van der Waals surface area contributed by atoms with Crippen LogP contribution in [0, 0.1) is 5.92 Å². The molecule has 4 nitrogen and oxygen atoms in total. The van der Waals surface area contributed by atoms with Crippen LogP contribution in [0.2, 0.25) is 0 Å². The first kappa shape index (κ1) is 14.1. The molecule has 0 saturated carbocycles. The summed E-state index contributed by atoms with van der Waals surface area (Å²) in [6.07, 6.45) is 5.29. The van der Waals surface area contributed by atoms with Gasteiger partial charge in [0.1, 0.15) is 0 Å². The molecule has 1 amide bonds. The Kier molecular flexibility index (Phi) is 5.59. The second-order valence-corrected chi connectivity index (χ2v) is 5.65. The highest BCUT2D eigenvalue weighted by Gasteiger charge is 2.23. The quantitative estimate of drug-likeness (QED) is 0.744.